The molecule has 2 N–H and O–H groups in total. The molecule has 0 aromatic heterocycles. The van der Waals surface area contributed by atoms with Crippen LogP contribution in [0.4, 0.5) is 0 Å². The maximum absolute atomic E-state index is 9.91. The largest absolute Gasteiger partial charge is 0.486 e. The molecule has 1 aliphatic carbocycles. The lowest BCUT2D eigenvalue weighted by Crippen LogP contribution is -2.28. The molecule has 0 spiro atoms. The van der Waals surface area contributed by atoms with Gasteiger partial charge in [-0.15, -0.1) is 0 Å². The quantitative estimate of drug-likeness (QED) is 0.816. The van der Waals surface area contributed by atoms with Crippen molar-refractivity contribution in [2.75, 3.05) is 19.8 Å². The van der Waals surface area contributed by atoms with E-state index < -0.39 is 0 Å². The number of aliphatic hydroxyl groups is 1. The van der Waals surface area contributed by atoms with Gasteiger partial charge in [-0.3, -0.25) is 0 Å². The standard InChI is InChI=1S/C15H21NO3/c17-13(10-16-12-3-4-12)5-1-11-2-6-14-15(9-11)19-8-7-18-14/h2,6,9,12-13,16-17H,1,3-5,7-8,10H2. The fraction of sp³-hybridized carbons (Fsp3) is 0.600. The van der Waals surface area contributed by atoms with E-state index in [1.54, 1.807) is 0 Å². The molecule has 0 bridgehead atoms. The van der Waals surface area contributed by atoms with E-state index in [2.05, 4.69) is 11.4 Å². The summed E-state index contributed by atoms with van der Waals surface area (Å²) in [5.41, 5.74) is 1.19. The van der Waals surface area contributed by atoms with Gasteiger partial charge in [0.1, 0.15) is 13.2 Å². The third-order valence-electron chi connectivity index (χ3n) is 3.59. The highest BCUT2D eigenvalue weighted by molar-refractivity contribution is 5.43. The first-order chi connectivity index (χ1) is 9.31. The summed E-state index contributed by atoms with van der Waals surface area (Å²) in [4.78, 5) is 0. The second kappa shape index (κ2) is 5.80. The summed E-state index contributed by atoms with van der Waals surface area (Å²) in [6.45, 7) is 1.94. The fourth-order valence-electron chi connectivity index (χ4n) is 2.27. The Morgan fingerprint density at radius 1 is 1.21 bits per heavy atom. The topological polar surface area (TPSA) is 50.7 Å². The van der Waals surface area contributed by atoms with Gasteiger partial charge >= 0.3 is 0 Å². The Balaban J connectivity index is 1.48. The SMILES string of the molecule is OC(CCc1ccc2c(c1)OCCO2)CNC1CC1. The minimum Gasteiger partial charge on any atom is -0.486 e. The molecular weight excluding hydrogens is 242 g/mol. The van der Waals surface area contributed by atoms with Gasteiger partial charge in [0, 0.05) is 12.6 Å². The summed E-state index contributed by atoms with van der Waals surface area (Å²) < 4.78 is 11.0. The van der Waals surface area contributed by atoms with Gasteiger partial charge in [-0.05, 0) is 43.4 Å². The number of aryl methyl sites for hydroxylation is 1. The maximum atomic E-state index is 9.91. The molecule has 0 radical (unpaired) electrons. The van der Waals surface area contributed by atoms with Crippen LogP contribution in [0.2, 0.25) is 0 Å². The Morgan fingerprint density at radius 2 is 2.00 bits per heavy atom. The molecule has 3 rings (SSSR count). The molecule has 2 aliphatic rings. The highest BCUT2D eigenvalue weighted by Crippen LogP contribution is 2.31. The smallest absolute Gasteiger partial charge is 0.161 e. The predicted molar refractivity (Wildman–Crippen MR) is 72.8 cm³/mol. The summed E-state index contributed by atoms with van der Waals surface area (Å²) in [6.07, 6.45) is 3.89. The molecule has 1 aromatic carbocycles. The third-order valence-corrected chi connectivity index (χ3v) is 3.59. The van der Waals surface area contributed by atoms with E-state index >= 15 is 0 Å². The van der Waals surface area contributed by atoms with Gasteiger partial charge in [-0.1, -0.05) is 6.07 Å². The zero-order chi connectivity index (χ0) is 13.1. The van der Waals surface area contributed by atoms with E-state index in [4.69, 9.17) is 9.47 Å². The van der Waals surface area contributed by atoms with Crippen LogP contribution in [0.15, 0.2) is 18.2 Å². The zero-order valence-electron chi connectivity index (χ0n) is 11.1. The molecule has 1 aromatic rings. The first-order valence-corrected chi connectivity index (χ1v) is 7.11. The number of aliphatic hydroxyl groups excluding tert-OH is 1. The van der Waals surface area contributed by atoms with E-state index in [9.17, 15) is 5.11 Å². The van der Waals surface area contributed by atoms with Crippen molar-refractivity contribution in [3.8, 4) is 11.5 Å². The van der Waals surface area contributed by atoms with Crippen molar-refractivity contribution in [2.45, 2.75) is 37.8 Å². The molecule has 1 unspecified atom stereocenters. The molecular formula is C15H21NO3. The molecule has 4 nitrogen and oxygen atoms in total. The molecule has 0 saturated heterocycles. The van der Waals surface area contributed by atoms with Gasteiger partial charge < -0.3 is 19.9 Å². The van der Waals surface area contributed by atoms with Crippen molar-refractivity contribution < 1.29 is 14.6 Å². The van der Waals surface area contributed by atoms with E-state index in [0.717, 1.165) is 24.3 Å². The molecule has 0 amide bonds. The number of nitrogens with one attached hydrogen (secondary N) is 1. The number of hydrogen-bond donors (Lipinski definition) is 2. The average Bonchev–Trinajstić information content (AvgIpc) is 3.27. The summed E-state index contributed by atoms with van der Waals surface area (Å²) in [7, 11) is 0. The van der Waals surface area contributed by atoms with Gasteiger partial charge in [0.25, 0.3) is 0 Å². The highest BCUT2D eigenvalue weighted by atomic mass is 16.6. The summed E-state index contributed by atoms with van der Waals surface area (Å²) >= 11 is 0. The number of fused-ring (bicyclic) bond motifs is 1. The van der Waals surface area contributed by atoms with E-state index in [-0.39, 0.29) is 6.10 Å². The minimum atomic E-state index is -0.270. The van der Waals surface area contributed by atoms with Crippen LogP contribution in [0.3, 0.4) is 0 Å². The van der Waals surface area contributed by atoms with Crippen LogP contribution in [0.5, 0.6) is 11.5 Å². The van der Waals surface area contributed by atoms with Crippen molar-refractivity contribution in [2.24, 2.45) is 0 Å². The maximum Gasteiger partial charge on any atom is 0.161 e. The van der Waals surface area contributed by atoms with Crippen molar-refractivity contribution in [1.29, 1.82) is 0 Å². The predicted octanol–water partition coefficient (Wildman–Crippen LogP) is 1.50. The first kappa shape index (κ1) is 12.8. The molecule has 1 atom stereocenters. The average molecular weight is 263 g/mol. The number of hydrogen-bond acceptors (Lipinski definition) is 4. The van der Waals surface area contributed by atoms with E-state index in [1.807, 2.05) is 12.1 Å². The summed E-state index contributed by atoms with van der Waals surface area (Å²) in [5.74, 6) is 1.65. The molecule has 19 heavy (non-hydrogen) atoms. The van der Waals surface area contributed by atoms with Crippen LogP contribution in [-0.2, 0) is 6.42 Å². The Labute approximate surface area is 113 Å². The third kappa shape index (κ3) is 3.61. The van der Waals surface area contributed by atoms with Crippen molar-refractivity contribution in [3.63, 3.8) is 0 Å². The van der Waals surface area contributed by atoms with Gasteiger partial charge in [-0.2, -0.15) is 0 Å². The number of benzene rings is 1. The Hall–Kier alpha value is -1.26. The number of rotatable bonds is 6. The molecule has 1 aliphatic heterocycles. The highest BCUT2D eigenvalue weighted by Gasteiger charge is 2.21. The van der Waals surface area contributed by atoms with Crippen LogP contribution < -0.4 is 14.8 Å². The lowest BCUT2D eigenvalue weighted by molar-refractivity contribution is 0.161. The molecule has 1 fully saturated rings. The molecule has 104 valence electrons. The zero-order valence-corrected chi connectivity index (χ0v) is 11.1. The van der Waals surface area contributed by atoms with Crippen molar-refractivity contribution >= 4 is 0 Å². The monoisotopic (exact) mass is 263 g/mol. The van der Waals surface area contributed by atoms with Gasteiger partial charge in [0.15, 0.2) is 11.5 Å². The molecule has 1 heterocycles. The molecule has 4 heteroatoms. The molecule has 1 saturated carbocycles. The Morgan fingerprint density at radius 3 is 2.79 bits per heavy atom. The Bertz CT molecular complexity index is 431. The number of ether oxygens (including phenoxy) is 2. The van der Waals surface area contributed by atoms with Gasteiger partial charge in [-0.25, -0.2) is 0 Å². The summed E-state index contributed by atoms with van der Waals surface area (Å²) in [6, 6.07) is 6.69. The van der Waals surface area contributed by atoms with Gasteiger partial charge in [0.05, 0.1) is 6.10 Å². The van der Waals surface area contributed by atoms with E-state index in [1.165, 1.54) is 18.4 Å². The van der Waals surface area contributed by atoms with Crippen LogP contribution in [-0.4, -0.2) is 37.0 Å². The van der Waals surface area contributed by atoms with Crippen molar-refractivity contribution in [1.82, 2.24) is 5.32 Å². The van der Waals surface area contributed by atoms with Crippen LogP contribution >= 0.6 is 0 Å². The lowest BCUT2D eigenvalue weighted by Gasteiger charge is -2.19. The fourth-order valence-corrected chi connectivity index (χ4v) is 2.27. The van der Waals surface area contributed by atoms with E-state index in [0.29, 0.717) is 25.8 Å². The second-order valence-corrected chi connectivity index (χ2v) is 5.35. The van der Waals surface area contributed by atoms with Crippen LogP contribution in [0.25, 0.3) is 0 Å². The lowest BCUT2D eigenvalue weighted by atomic mass is 10.1. The van der Waals surface area contributed by atoms with Crippen LogP contribution in [0, 0.1) is 0 Å². The van der Waals surface area contributed by atoms with Crippen LogP contribution in [0.1, 0.15) is 24.8 Å². The van der Waals surface area contributed by atoms with Gasteiger partial charge in [0.2, 0.25) is 0 Å². The Kier molecular flexibility index (Phi) is 3.89. The summed E-state index contributed by atoms with van der Waals surface area (Å²) in [5, 5.41) is 13.3. The first-order valence-electron chi connectivity index (χ1n) is 7.11. The normalized spacial score (nSPS) is 19.2. The second-order valence-electron chi connectivity index (χ2n) is 5.35. The van der Waals surface area contributed by atoms with Crippen molar-refractivity contribution in [3.05, 3.63) is 23.8 Å². The minimum absolute atomic E-state index is 0.270.